The lowest BCUT2D eigenvalue weighted by Crippen LogP contribution is -2.55. The Morgan fingerprint density at radius 2 is 2.20 bits per heavy atom. The van der Waals surface area contributed by atoms with Crippen molar-refractivity contribution in [1.82, 2.24) is 4.90 Å². The van der Waals surface area contributed by atoms with Crippen LogP contribution in [0, 0.1) is 13.8 Å². The van der Waals surface area contributed by atoms with Crippen molar-refractivity contribution < 1.29 is 18.7 Å². The van der Waals surface area contributed by atoms with Gasteiger partial charge in [0.05, 0.1) is 18.3 Å². The third-order valence-electron chi connectivity index (χ3n) is 3.36. The Labute approximate surface area is 119 Å². The lowest BCUT2D eigenvalue weighted by Gasteiger charge is -2.42. The maximum atomic E-state index is 12.6. The first kappa shape index (κ1) is 15.1. The Kier molecular flexibility index (Phi) is 4.20. The second-order valence-electron chi connectivity index (χ2n) is 6.01. The molecule has 1 aromatic rings. The molecular weight excluding hydrogens is 258 g/mol. The molecule has 5 heteroatoms. The summed E-state index contributed by atoms with van der Waals surface area (Å²) in [7, 11) is 1.64. The van der Waals surface area contributed by atoms with Gasteiger partial charge >= 0.3 is 0 Å². The number of methoxy groups -OCH3 is 1. The molecule has 0 radical (unpaired) electrons. The summed E-state index contributed by atoms with van der Waals surface area (Å²) in [5.41, 5.74) is 0.493. The molecule has 20 heavy (non-hydrogen) atoms. The summed E-state index contributed by atoms with van der Waals surface area (Å²) in [6.45, 7) is 9.25. The van der Waals surface area contributed by atoms with Crippen LogP contribution in [-0.4, -0.2) is 49.3 Å². The molecule has 1 aromatic heterocycles. The highest BCUT2D eigenvalue weighted by atomic mass is 16.5. The Morgan fingerprint density at radius 1 is 1.50 bits per heavy atom. The molecule has 0 aliphatic carbocycles. The fourth-order valence-corrected chi connectivity index (χ4v) is 2.72. The molecule has 1 unspecified atom stereocenters. The number of nitrogens with zero attached hydrogens (tertiary/aromatic N) is 1. The minimum Gasteiger partial charge on any atom is -0.456 e. The molecule has 2 heterocycles. The Morgan fingerprint density at radius 3 is 2.75 bits per heavy atom. The average molecular weight is 281 g/mol. The molecule has 0 spiro atoms. The molecule has 0 aromatic carbocycles. The van der Waals surface area contributed by atoms with Crippen LogP contribution in [0.15, 0.2) is 10.5 Å². The largest absolute Gasteiger partial charge is 0.456 e. The third kappa shape index (κ3) is 3.22. The number of ether oxygens (including phenoxy) is 2. The molecular formula is C15H23NO4. The molecule has 1 aliphatic rings. The zero-order chi connectivity index (χ0) is 14.9. The van der Waals surface area contributed by atoms with Crippen LogP contribution in [0.5, 0.6) is 0 Å². The first-order valence-electron chi connectivity index (χ1n) is 6.85. The number of carbonyl (C=O) groups is 1. The fraction of sp³-hybridized carbons (Fsp3) is 0.667. The first-order chi connectivity index (χ1) is 9.32. The highest BCUT2D eigenvalue weighted by molar-refractivity contribution is 5.93. The van der Waals surface area contributed by atoms with Crippen molar-refractivity contribution in [3.05, 3.63) is 23.2 Å². The SMILES string of the molecule is COCC1CN(C(=O)c2oc(C)cc2C)CC(C)(C)O1. The summed E-state index contributed by atoms with van der Waals surface area (Å²) < 4.78 is 16.6. The van der Waals surface area contributed by atoms with Crippen molar-refractivity contribution in [2.75, 3.05) is 26.8 Å². The zero-order valence-electron chi connectivity index (χ0n) is 12.9. The number of aryl methyl sites for hydroxylation is 2. The molecule has 0 N–H and O–H groups in total. The smallest absolute Gasteiger partial charge is 0.290 e. The predicted molar refractivity (Wildman–Crippen MR) is 74.9 cm³/mol. The molecule has 0 saturated carbocycles. The van der Waals surface area contributed by atoms with Crippen LogP contribution < -0.4 is 0 Å². The molecule has 1 atom stereocenters. The topological polar surface area (TPSA) is 51.9 Å². The van der Waals surface area contributed by atoms with Crippen LogP contribution in [0.4, 0.5) is 0 Å². The van der Waals surface area contributed by atoms with Gasteiger partial charge in [-0.1, -0.05) is 0 Å². The van der Waals surface area contributed by atoms with Gasteiger partial charge in [-0.15, -0.1) is 0 Å². The van der Waals surface area contributed by atoms with Crippen molar-refractivity contribution in [3.63, 3.8) is 0 Å². The molecule has 1 fully saturated rings. The van der Waals surface area contributed by atoms with Gasteiger partial charge in [-0.25, -0.2) is 0 Å². The maximum absolute atomic E-state index is 12.6. The summed E-state index contributed by atoms with van der Waals surface area (Å²) in [6.07, 6.45) is -0.107. The van der Waals surface area contributed by atoms with Crippen LogP contribution in [0.25, 0.3) is 0 Å². The Balaban J connectivity index is 2.18. The second kappa shape index (κ2) is 5.58. The van der Waals surface area contributed by atoms with Crippen LogP contribution in [0.2, 0.25) is 0 Å². The summed E-state index contributed by atoms with van der Waals surface area (Å²) in [5, 5.41) is 0. The van der Waals surface area contributed by atoms with Crippen molar-refractivity contribution in [2.45, 2.75) is 39.4 Å². The minimum absolute atomic E-state index is 0.0759. The maximum Gasteiger partial charge on any atom is 0.290 e. The standard InChI is InChI=1S/C15H23NO4/c1-10-6-11(2)19-13(10)14(17)16-7-12(8-18-5)20-15(3,4)9-16/h6,12H,7-9H2,1-5H3. The van der Waals surface area contributed by atoms with Gasteiger partial charge in [-0.2, -0.15) is 0 Å². The Hall–Kier alpha value is -1.33. The van der Waals surface area contributed by atoms with E-state index in [9.17, 15) is 4.79 Å². The number of hydrogen-bond acceptors (Lipinski definition) is 4. The molecule has 2 rings (SSSR count). The van der Waals surface area contributed by atoms with Gasteiger partial charge in [-0.05, 0) is 33.8 Å². The lowest BCUT2D eigenvalue weighted by molar-refractivity contribution is -0.143. The van der Waals surface area contributed by atoms with Gasteiger partial charge in [0.2, 0.25) is 0 Å². The van der Waals surface area contributed by atoms with Gasteiger partial charge in [0.25, 0.3) is 5.91 Å². The predicted octanol–water partition coefficient (Wildman–Crippen LogP) is 2.16. The highest BCUT2D eigenvalue weighted by Gasteiger charge is 2.37. The fourth-order valence-electron chi connectivity index (χ4n) is 2.72. The van der Waals surface area contributed by atoms with Crippen molar-refractivity contribution in [3.8, 4) is 0 Å². The summed E-state index contributed by atoms with van der Waals surface area (Å²) in [5.74, 6) is 1.11. The van der Waals surface area contributed by atoms with Gasteiger partial charge in [0, 0.05) is 25.8 Å². The summed E-state index contributed by atoms with van der Waals surface area (Å²) in [4.78, 5) is 14.4. The van der Waals surface area contributed by atoms with Crippen molar-refractivity contribution in [2.24, 2.45) is 0 Å². The molecule has 1 saturated heterocycles. The normalized spacial score (nSPS) is 22.1. The van der Waals surface area contributed by atoms with E-state index in [-0.39, 0.29) is 17.6 Å². The van der Waals surface area contributed by atoms with Gasteiger partial charge < -0.3 is 18.8 Å². The number of hydrogen-bond donors (Lipinski definition) is 0. The van der Waals surface area contributed by atoms with Crippen molar-refractivity contribution >= 4 is 5.91 Å². The summed E-state index contributed by atoms with van der Waals surface area (Å²) >= 11 is 0. The average Bonchev–Trinajstić information content (AvgIpc) is 2.66. The third-order valence-corrected chi connectivity index (χ3v) is 3.36. The van der Waals surface area contributed by atoms with E-state index < -0.39 is 0 Å². The lowest BCUT2D eigenvalue weighted by atomic mass is 10.0. The van der Waals surface area contributed by atoms with Crippen LogP contribution >= 0.6 is 0 Å². The highest BCUT2D eigenvalue weighted by Crippen LogP contribution is 2.24. The van der Waals surface area contributed by atoms with E-state index in [1.165, 1.54) is 0 Å². The van der Waals surface area contributed by atoms with E-state index >= 15 is 0 Å². The van der Waals surface area contributed by atoms with E-state index in [4.69, 9.17) is 13.9 Å². The molecule has 1 aliphatic heterocycles. The molecule has 1 amide bonds. The van der Waals surface area contributed by atoms with Gasteiger partial charge in [-0.3, -0.25) is 4.79 Å². The van der Waals surface area contributed by atoms with E-state index in [0.29, 0.717) is 25.5 Å². The van der Waals surface area contributed by atoms with Crippen LogP contribution in [0.1, 0.15) is 35.7 Å². The molecule has 5 nitrogen and oxygen atoms in total. The summed E-state index contributed by atoms with van der Waals surface area (Å²) in [6, 6.07) is 1.88. The zero-order valence-corrected chi connectivity index (χ0v) is 12.9. The van der Waals surface area contributed by atoms with E-state index in [1.807, 2.05) is 33.8 Å². The number of morpholine rings is 1. The number of rotatable bonds is 3. The van der Waals surface area contributed by atoms with Crippen LogP contribution in [-0.2, 0) is 9.47 Å². The van der Waals surface area contributed by atoms with Gasteiger partial charge in [0.15, 0.2) is 5.76 Å². The van der Waals surface area contributed by atoms with Crippen molar-refractivity contribution in [1.29, 1.82) is 0 Å². The molecule has 112 valence electrons. The Bertz CT molecular complexity index is 492. The van der Waals surface area contributed by atoms with E-state index in [0.717, 1.165) is 11.3 Å². The minimum atomic E-state index is -0.382. The van der Waals surface area contributed by atoms with E-state index in [2.05, 4.69) is 0 Å². The monoisotopic (exact) mass is 281 g/mol. The number of amides is 1. The van der Waals surface area contributed by atoms with Crippen LogP contribution in [0.3, 0.4) is 0 Å². The van der Waals surface area contributed by atoms with Gasteiger partial charge in [0.1, 0.15) is 5.76 Å². The number of carbonyl (C=O) groups excluding carboxylic acids is 1. The number of furan rings is 1. The first-order valence-corrected chi connectivity index (χ1v) is 6.85. The molecule has 0 bridgehead atoms. The van der Waals surface area contributed by atoms with E-state index in [1.54, 1.807) is 12.0 Å². The second-order valence-corrected chi connectivity index (χ2v) is 6.01. The quantitative estimate of drug-likeness (QED) is 0.852.